The van der Waals surface area contributed by atoms with E-state index in [4.69, 9.17) is 9.72 Å². The monoisotopic (exact) mass is 308 g/mol. The minimum Gasteiger partial charge on any atom is -0.465 e. The van der Waals surface area contributed by atoms with Crippen molar-refractivity contribution in [2.45, 2.75) is 58.4 Å². The molecule has 4 nitrogen and oxygen atoms in total. The number of anilines is 1. The summed E-state index contributed by atoms with van der Waals surface area (Å²) < 4.78 is 5.19. The zero-order valence-electron chi connectivity index (χ0n) is 13.1. The topological polar surface area (TPSA) is 42.4 Å². The van der Waals surface area contributed by atoms with Crippen LogP contribution in [-0.4, -0.2) is 30.1 Å². The second-order valence-corrected chi connectivity index (χ2v) is 7.26. The van der Waals surface area contributed by atoms with Crippen molar-refractivity contribution in [3.63, 3.8) is 0 Å². The third-order valence-corrected chi connectivity index (χ3v) is 6.06. The lowest BCUT2D eigenvalue weighted by Gasteiger charge is -2.37. The van der Waals surface area contributed by atoms with Gasteiger partial charge in [-0.05, 0) is 45.4 Å². The smallest absolute Gasteiger partial charge is 0.315 e. The molecule has 2 aliphatic rings. The predicted octanol–water partition coefficient (Wildman–Crippen LogP) is 3.36. The Morgan fingerprint density at radius 2 is 2.24 bits per heavy atom. The van der Waals surface area contributed by atoms with E-state index in [1.54, 1.807) is 11.3 Å². The molecule has 1 aromatic heterocycles. The molecule has 0 spiro atoms. The standard InChI is InChI=1S/C16H24N2O2S/c1-4-20-15(19)12-7-8-13-14(12)17-16(21-13)18-9-5-6-10(2)11(18)3/h10-12H,4-9H2,1-3H3. The first-order chi connectivity index (χ1) is 10.1. The van der Waals surface area contributed by atoms with E-state index in [0.29, 0.717) is 18.6 Å². The number of carbonyl (C=O) groups excluding carboxylic acids is 1. The molecular weight excluding hydrogens is 284 g/mol. The number of thiazole rings is 1. The number of fused-ring (bicyclic) bond motifs is 1. The van der Waals surface area contributed by atoms with Crippen LogP contribution in [0.25, 0.3) is 0 Å². The molecule has 0 bridgehead atoms. The Labute approximate surface area is 130 Å². The number of aromatic nitrogens is 1. The lowest BCUT2D eigenvalue weighted by molar-refractivity contribution is -0.145. The molecule has 0 N–H and O–H groups in total. The van der Waals surface area contributed by atoms with E-state index in [1.165, 1.54) is 17.7 Å². The molecule has 21 heavy (non-hydrogen) atoms. The normalized spacial score (nSPS) is 28.5. The van der Waals surface area contributed by atoms with Gasteiger partial charge in [-0.2, -0.15) is 0 Å². The maximum absolute atomic E-state index is 12.0. The van der Waals surface area contributed by atoms with Gasteiger partial charge in [0.15, 0.2) is 5.13 Å². The van der Waals surface area contributed by atoms with E-state index in [1.807, 2.05) is 6.92 Å². The molecular formula is C16H24N2O2S. The zero-order chi connectivity index (χ0) is 15.0. The first-order valence-electron chi connectivity index (χ1n) is 8.04. The van der Waals surface area contributed by atoms with Gasteiger partial charge in [0.1, 0.15) is 5.92 Å². The molecule has 1 fully saturated rings. The Hall–Kier alpha value is -1.10. The molecule has 3 atom stereocenters. The fraction of sp³-hybridized carbons (Fsp3) is 0.750. The molecule has 116 valence electrons. The summed E-state index contributed by atoms with van der Waals surface area (Å²) in [6.45, 7) is 8.00. The second kappa shape index (κ2) is 5.95. The van der Waals surface area contributed by atoms with E-state index in [2.05, 4.69) is 18.7 Å². The first kappa shape index (κ1) is 14.8. The summed E-state index contributed by atoms with van der Waals surface area (Å²) in [4.78, 5) is 20.6. The van der Waals surface area contributed by atoms with Crippen molar-refractivity contribution in [3.8, 4) is 0 Å². The number of ether oxygens (including phenoxy) is 1. The van der Waals surface area contributed by atoms with Gasteiger partial charge in [-0.1, -0.05) is 6.92 Å². The van der Waals surface area contributed by atoms with E-state index < -0.39 is 0 Å². The van der Waals surface area contributed by atoms with Crippen molar-refractivity contribution >= 4 is 22.4 Å². The van der Waals surface area contributed by atoms with Crippen molar-refractivity contribution in [2.75, 3.05) is 18.1 Å². The number of carbonyl (C=O) groups is 1. The summed E-state index contributed by atoms with van der Waals surface area (Å²) in [5, 5.41) is 1.10. The van der Waals surface area contributed by atoms with Gasteiger partial charge in [0.2, 0.25) is 0 Å². The van der Waals surface area contributed by atoms with E-state index in [9.17, 15) is 4.79 Å². The van der Waals surface area contributed by atoms with Crippen LogP contribution >= 0.6 is 11.3 Å². The maximum atomic E-state index is 12.0. The lowest BCUT2D eigenvalue weighted by atomic mass is 9.92. The van der Waals surface area contributed by atoms with Gasteiger partial charge < -0.3 is 9.64 Å². The van der Waals surface area contributed by atoms with Gasteiger partial charge >= 0.3 is 5.97 Å². The molecule has 0 saturated carbocycles. The average molecular weight is 308 g/mol. The highest BCUT2D eigenvalue weighted by Gasteiger charge is 2.35. The molecule has 3 unspecified atom stereocenters. The quantitative estimate of drug-likeness (QED) is 0.803. The third kappa shape index (κ3) is 2.68. The van der Waals surface area contributed by atoms with Crippen LogP contribution in [0.5, 0.6) is 0 Å². The molecule has 0 radical (unpaired) electrons. The Bertz CT molecular complexity index is 528. The van der Waals surface area contributed by atoms with Crippen molar-refractivity contribution in [2.24, 2.45) is 5.92 Å². The van der Waals surface area contributed by atoms with Gasteiger partial charge in [0.25, 0.3) is 0 Å². The molecule has 0 aromatic carbocycles. The number of nitrogens with zero attached hydrogens (tertiary/aromatic N) is 2. The minimum atomic E-state index is -0.137. The van der Waals surface area contributed by atoms with Crippen LogP contribution in [0.1, 0.15) is 56.5 Å². The van der Waals surface area contributed by atoms with Crippen LogP contribution in [0.2, 0.25) is 0 Å². The molecule has 2 heterocycles. The van der Waals surface area contributed by atoms with Crippen LogP contribution in [0.3, 0.4) is 0 Å². The van der Waals surface area contributed by atoms with Gasteiger partial charge in [-0.25, -0.2) is 4.98 Å². The van der Waals surface area contributed by atoms with Crippen LogP contribution in [-0.2, 0) is 16.0 Å². The fourth-order valence-corrected chi connectivity index (χ4v) is 4.67. The van der Waals surface area contributed by atoms with Gasteiger partial charge in [0, 0.05) is 17.5 Å². The molecule has 0 amide bonds. The van der Waals surface area contributed by atoms with Crippen molar-refractivity contribution in [1.82, 2.24) is 4.98 Å². The summed E-state index contributed by atoms with van der Waals surface area (Å²) in [5.41, 5.74) is 0.985. The molecule has 3 rings (SSSR count). The van der Waals surface area contributed by atoms with Crippen LogP contribution in [0, 0.1) is 5.92 Å². The summed E-state index contributed by atoms with van der Waals surface area (Å²) in [6, 6.07) is 0.533. The van der Waals surface area contributed by atoms with Gasteiger partial charge in [0.05, 0.1) is 12.3 Å². The van der Waals surface area contributed by atoms with Crippen molar-refractivity contribution in [3.05, 3.63) is 10.6 Å². The average Bonchev–Trinajstić information content (AvgIpc) is 3.01. The maximum Gasteiger partial charge on any atom is 0.315 e. The molecule has 1 aliphatic heterocycles. The highest BCUT2D eigenvalue weighted by atomic mass is 32.1. The number of piperidine rings is 1. The molecule has 1 saturated heterocycles. The Kier molecular flexibility index (Phi) is 4.20. The van der Waals surface area contributed by atoms with Crippen molar-refractivity contribution < 1.29 is 9.53 Å². The van der Waals surface area contributed by atoms with Crippen LogP contribution in [0.4, 0.5) is 5.13 Å². The second-order valence-electron chi connectivity index (χ2n) is 6.20. The molecule has 1 aliphatic carbocycles. The number of hydrogen-bond acceptors (Lipinski definition) is 5. The Morgan fingerprint density at radius 1 is 1.43 bits per heavy atom. The third-order valence-electron chi connectivity index (χ3n) is 4.90. The Balaban J connectivity index is 1.81. The Morgan fingerprint density at radius 3 is 3.00 bits per heavy atom. The zero-order valence-corrected chi connectivity index (χ0v) is 13.9. The SMILES string of the molecule is CCOC(=O)C1CCc2sc(N3CCCC(C)C3C)nc21. The molecule has 1 aromatic rings. The minimum absolute atomic E-state index is 0.104. The van der Waals surface area contributed by atoms with Gasteiger partial charge in [-0.15, -0.1) is 11.3 Å². The van der Waals surface area contributed by atoms with E-state index >= 15 is 0 Å². The van der Waals surface area contributed by atoms with E-state index in [0.717, 1.165) is 30.2 Å². The fourth-order valence-electron chi connectivity index (χ4n) is 3.41. The number of hydrogen-bond donors (Lipinski definition) is 0. The van der Waals surface area contributed by atoms with Crippen LogP contribution in [0.15, 0.2) is 0 Å². The number of rotatable bonds is 3. The largest absolute Gasteiger partial charge is 0.465 e. The van der Waals surface area contributed by atoms with Crippen LogP contribution < -0.4 is 4.90 Å². The molecule has 5 heteroatoms. The number of aryl methyl sites for hydroxylation is 1. The summed E-state index contributed by atoms with van der Waals surface area (Å²) in [6.07, 6.45) is 4.36. The summed E-state index contributed by atoms with van der Waals surface area (Å²) >= 11 is 1.78. The van der Waals surface area contributed by atoms with E-state index in [-0.39, 0.29) is 11.9 Å². The summed E-state index contributed by atoms with van der Waals surface area (Å²) in [7, 11) is 0. The predicted molar refractivity (Wildman–Crippen MR) is 85.0 cm³/mol. The number of esters is 1. The lowest BCUT2D eigenvalue weighted by Crippen LogP contribution is -2.42. The summed E-state index contributed by atoms with van der Waals surface area (Å²) in [5.74, 6) is 0.467. The first-order valence-corrected chi connectivity index (χ1v) is 8.86. The van der Waals surface area contributed by atoms with Crippen molar-refractivity contribution in [1.29, 1.82) is 0 Å². The highest BCUT2D eigenvalue weighted by molar-refractivity contribution is 7.15. The highest BCUT2D eigenvalue weighted by Crippen LogP contribution is 2.41. The van der Waals surface area contributed by atoms with Gasteiger partial charge in [-0.3, -0.25) is 4.79 Å².